The van der Waals surface area contributed by atoms with E-state index in [4.69, 9.17) is 28.3 Å². The Morgan fingerprint density at radius 3 is 2.38 bits per heavy atom. The van der Waals surface area contributed by atoms with Crippen LogP contribution in [-0.2, 0) is 14.8 Å². The Balaban J connectivity index is 2.52. The first kappa shape index (κ1) is 20.6. The zero-order chi connectivity index (χ0) is 19.5. The van der Waals surface area contributed by atoms with Gasteiger partial charge >= 0.3 is 5.97 Å². The van der Waals surface area contributed by atoms with Gasteiger partial charge in [0, 0.05) is 13.0 Å². The summed E-state index contributed by atoms with van der Waals surface area (Å²) in [5.74, 6) is -0.974. The molecule has 5 nitrogen and oxygen atoms in total. The van der Waals surface area contributed by atoms with Crippen LogP contribution in [0.2, 0.25) is 10.0 Å². The molecular formula is C18H19Cl2NO4S. The smallest absolute Gasteiger partial charge is 0.303 e. The van der Waals surface area contributed by atoms with Crippen molar-refractivity contribution in [2.45, 2.75) is 31.6 Å². The Labute approximate surface area is 163 Å². The van der Waals surface area contributed by atoms with Crippen LogP contribution >= 0.6 is 23.2 Å². The molecule has 0 spiro atoms. The number of aliphatic carboxylic acids is 1. The van der Waals surface area contributed by atoms with Gasteiger partial charge in [0.15, 0.2) is 0 Å². The maximum absolute atomic E-state index is 13.2. The Morgan fingerprint density at radius 1 is 1.08 bits per heavy atom. The highest BCUT2D eigenvalue weighted by Gasteiger charge is 2.26. The number of carboxylic acids is 1. The van der Waals surface area contributed by atoms with Gasteiger partial charge in [0.1, 0.15) is 0 Å². The van der Waals surface area contributed by atoms with Crippen LogP contribution in [0.3, 0.4) is 0 Å². The SMILES string of the molecule is Cc1ccc(C)c(N(CCCC(=O)O)S(=O)(=O)c2ccc(Cl)c(Cl)c2)c1. The predicted molar refractivity (Wildman–Crippen MR) is 104 cm³/mol. The van der Waals surface area contributed by atoms with Gasteiger partial charge in [-0.2, -0.15) is 0 Å². The minimum Gasteiger partial charge on any atom is -0.481 e. The van der Waals surface area contributed by atoms with Crippen molar-refractivity contribution in [3.8, 4) is 0 Å². The molecule has 0 atom stereocenters. The lowest BCUT2D eigenvalue weighted by atomic mass is 10.1. The second-order valence-electron chi connectivity index (χ2n) is 5.94. The van der Waals surface area contributed by atoms with E-state index in [0.29, 0.717) is 5.69 Å². The molecule has 8 heteroatoms. The lowest BCUT2D eigenvalue weighted by Crippen LogP contribution is -2.33. The van der Waals surface area contributed by atoms with Gasteiger partial charge in [-0.25, -0.2) is 8.42 Å². The summed E-state index contributed by atoms with van der Waals surface area (Å²) in [5.41, 5.74) is 2.19. The van der Waals surface area contributed by atoms with Gasteiger partial charge in [-0.1, -0.05) is 35.3 Å². The molecule has 2 rings (SSSR count). The first-order valence-electron chi connectivity index (χ1n) is 7.90. The Hall–Kier alpha value is -1.76. The Bertz CT molecular complexity index is 929. The fourth-order valence-electron chi connectivity index (χ4n) is 2.50. The Morgan fingerprint density at radius 2 is 1.77 bits per heavy atom. The molecule has 0 unspecified atom stereocenters. The number of sulfonamides is 1. The number of halogens is 2. The molecule has 140 valence electrons. The predicted octanol–water partition coefficient (Wildman–Crippen LogP) is 4.67. The molecule has 0 aliphatic carbocycles. The molecule has 0 heterocycles. The van der Waals surface area contributed by atoms with Gasteiger partial charge < -0.3 is 5.11 Å². The van der Waals surface area contributed by atoms with Crippen LogP contribution in [0.1, 0.15) is 24.0 Å². The third-order valence-electron chi connectivity index (χ3n) is 3.86. The van der Waals surface area contributed by atoms with Gasteiger partial charge in [0.05, 0.1) is 20.6 Å². The largest absolute Gasteiger partial charge is 0.481 e. The lowest BCUT2D eigenvalue weighted by Gasteiger charge is -2.26. The maximum atomic E-state index is 13.2. The quantitative estimate of drug-likeness (QED) is 0.712. The van der Waals surface area contributed by atoms with Crippen LogP contribution < -0.4 is 4.31 Å². The number of hydrogen-bond acceptors (Lipinski definition) is 3. The number of rotatable bonds is 7. The minimum atomic E-state index is -3.93. The van der Waals surface area contributed by atoms with Crippen molar-refractivity contribution in [1.82, 2.24) is 0 Å². The first-order valence-corrected chi connectivity index (χ1v) is 10.1. The van der Waals surface area contributed by atoms with Gasteiger partial charge in [0.25, 0.3) is 10.0 Å². The zero-order valence-corrected chi connectivity index (χ0v) is 16.7. The third-order valence-corrected chi connectivity index (χ3v) is 6.41. The number of carbonyl (C=O) groups is 1. The average Bonchev–Trinajstić information content (AvgIpc) is 2.56. The van der Waals surface area contributed by atoms with Crippen molar-refractivity contribution < 1.29 is 18.3 Å². The van der Waals surface area contributed by atoms with Crippen molar-refractivity contribution in [1.29, 1.82) is 0 Å². The van der Waals surface area contributed by atoms with Gasteiger partial charge in [0.2, 0.25) is 0 Å². The van der Waals surface area contributed by atoms with E-state index in [2.05, 4.69) is 0 Å². The normalized spacial score (nSPS) is 11.4. The number of nitrogens with zero attached hydrogens (tertiary/aromatic N) is 1. The van der Waals surface area contributed by atoms with E-state index in [9.17, 15) is 13.2 Å². The second-order valence-corrected chi connectivity index (χ2v) is 8.62. The molecule has 0 saturated carbocycles. The highest BCUT2D eigenvalue weighted by molar-refractivity contribution is 7.92. The first-order chi connectivity index (χ1) is 12.1. The van der Waals surface area contributed by atoms with Crippen LogP contribution in [0.15, 0.2) is 41.3 Å². The summed E-state index contributed by atoms with van der Waals surface area (Å²) in [4.78, 5) is 10.8. The van der Waals surface area contributed by atoms with E-state index >= 15 is 0 Å². The zero-order valence-electron chi connectivity index (χ0n) is 14.4. The minimum absolute atomic E-state index is 0.00290. The molecular weight excluding hydrogens is 397 g/mol. The number of anilines is 1. The molecule has 0 bridgehead atoms. The van der Waals surface area contributed by atoms with Crippen molar-refractivity contribution >= 4 is 44.9 Å². The molecule has 0 aliphatic heterocycles. The highest BCUT2D eigenvalue weighted by Crippen LogP contribution is 2.31. The molecule has 0 aliphatic rings. The molecule has 0 aromatic heterocycles. The van der Waals surface area contributed by atoms with Crippen molar-refractivity contribution in [2.75, 3.05) is 10.8 Å². The second kappa shape index (κ2) is 8.29. The molecule has 26 heavy (non-hydrogen) atoms. The van der Waals surface area contributed by atoms with Crippen molar-refractivity contribution in [3.05, 3.63) is 57.6 Å². The third kappa shape index (κ3) is 4.69. The summed E-state index contributed by atoms with van der Waals surface area (Å²) < 4.78 is 27.7. The number of hydrogen-bond donors (Lipinski definition) is 1. The number of aryl methyl sites for hydroxylation is 2. The van der Waals surface area contributed by atoms with Crippen LogP contribution in [0.4, 0.5) is 5.69 Å². The summed E-state index contributed by atoms with van der Waals surface area (Å²) >= 11 is 11.9. The van der Waals surface area contributed by atoms with E-state index in [1.165, 1.54) is 22.5 Å². The van der Waals surface area contributed by atoms with E-state index in [1.54, 1.807) is 6.07 Å². The summed E-state index contributed by atoms with van der Waals surface area (Å²) in [6.45, 7) is 3.71. The maximum Gasteiger partial charge on any atom is 0.303 e. The van der Waals surface area contributed by atoms with Gasteiger partial charge in [-0.05, 0) is 55.7 Å². The van der Waals surface area contributed by atoms with E-state index < -0.39 is 16.0 Å². The fourth-order valence-corrected chi connectivity index (χ4v) is 4.45. The van der Waals surface area contributed by atoms with Crippen LogP contribution in [-0.4, -0.2) is 26.0 Å². The van der Waals surface area contributed by atoms with E-state index in [1.807, 2.05) is 26.0 Å². The van der Waals surface area contributed by atoms with E-state index in [0.717, 1.165) is 11.1 Å². The van der Waals surface area contributed by atoms with Gasteiger partial charge in [-0.15, -0.1) is 0 Å². The summed E-state index contributed by atoms with van der Waals surface area (Å²) in [6.07, 6.45) is 0.0571. The molecule has 0 saturated heterocycles. The van der Waals surface area contributed by atoms with Crippen molar-refractivity contribution in [3.63, 3.8) is 0 Å². The topological polar surface area (TPSA) is 74.7 Å². The lowest BCUT2D eigenvalue weighted by molar-refractivity contribution is -0.137. The average molecular weight is 416 g/mol. The standard InChI is InChI=1S/C18H19Cl2NO4S/c1-12-5-6-13(2)17(10-12)21(9-3-4-18(22)23)26(24,25)14-7-8-15(19)16(20)11-14/h5-8,10-11H,3-4,9H2,1-2H3,(H,22,23). The number of carboxylic acid groups (broad SMARTS) is 1. The van der Waals surface area contributed by atoms with Crippen LogP contribution in [0.5, 0.6) is 0 Å². The Kier molecular flexibility index (Phi) is 6.55. The van der Waals surface area contributed by atoms with E-state index in [-0.39, 0.29) is 34.3 Å². The molecule has 0 radical (unpaired) electrons. The van der Waals surface area contributed by atoms with Crippen molar-refractivity contribution in [2.24, 2.45) is 0 Å². The molecule has 1 N–H and O–H groups in total. The van der Waals surface area contributed by atoms with Gasteiger partial charge in [-0.3, -0.25) is 9.10 Å². The highest BCUT2D eigenvalue weighted by atomic mass is 35.5. The summed E-state index contributed by atoms with van der Waals surface area (Å²) in [6, 6.07) is 9.60. The molecule has 2 aromatic rings. The summed E-state index contributed by atoms with van der Waals surface area (Å²) in [5, 5.41) is 9.28. The molecule has 0 fully saturated rings. The molecule has 2 aromatic carbocycles. The monoisotopic (exact) mass is 415 g/mol. The van der Waals surface area contributed by atoms with Crippen LogP contribution in [0, 0.1) is 13.8 Å². The number of benzene rings is 2. The van der Waals surface area contributed by atoms with Crippen LogP contribution in [0.25, 0.3) is 0 Å². The summed E-state index contributed by atoms with van der Waals surface area (Å²) in [7, 11) is -3.93. The fraction of sp³-hybridized carbons (Fsp3) is 0.278. The molecule has 0 amide bonds.